The molecular formula is C34H39N7O3. The molecular weight excluding hydrogens is 554 g/mol. The van der Waals surface area contributed by atoms with Crippen LogP contribution in [-0.4, -0.2) is 55.8 Å². The van der Waals surface area contributed by atoms with Crippen molar-refractivity contribution in [2.24, 2.45) is 0 Å². The van der Waals surface area contributed by atoms with Crippen LogP contribution in [0.4, 0.5) is 5.69 Å². The van der Waals surface area contributed by atoms with Gasteiger partial charge in [0.25, 0.3) is 5.91 Å². The van der Waals surface area contributed by atoms with Crippen LogP contribution in [0.5, 0.6) is 0 Å². The minimum atomic E-state index is -0.968. The molecule has 0 aliphatic carbocycles. The van der Waals surface area contributed by atoms with E-state index < -0.39 is 11.9 Å². The molecule has 1 atom stereocenters. The highest BCUT2D eigenvalue weighted by atomic mass is 16.5. The summed E-state index contributed by atoms with van der Waals surface area (Å²) < 4.78 is 5.90. The van der Waals surface area contributed by atoms with Gasteiger partial charge < -0.3 is 19.9 Å². The van der Waals surface area contributed by atoms with Crippen LogP contribution in [0.2, 0.25) is 0 Å². The molecule has 4 aromatic rings. The third-order valence-electron chi connectivity index (χ3n) is 7.78. The quantitative estimate of drug-likeness (QED) is 0.244. The van der Waals surface area contributed by atoms with Gasteiger partial charge in [0.1, 0.15) is 18.3 Å². The molecule has 2 N–H and O–H groups in total. The zero-order valence-corrected chi connectivity index (χ0v) is 25.4. The third-order valence-corrected chi connectivity index (χ3v) is 7.78. The minimum Gasteiger partial charge on any atom is -0.475 e. The molecule has 5 rings (SSSR count). The van der Waals surface area contributed by atoms with E-state index in [9.17, 15) is 9.59 Å². The Balaban J connectivity index is 1.34. The third kappa shape index (κ3) is 7.31. The lowest BCUT2D eigenvalue weighted by Gasteiger charge is -2.36. The van der Waals surface area contributed by atoms with Crippen molar-refractivity contribution in [3.63, 3.8) is 0 Å². The Labute approximate surface area is 258 Å². The van der Waals surface area contributed by atoms with Gasteiger partial charge in [-0.15, -0.1) is 0 Å². The maximum Gasteiger partial charge on any atom is 0.279 e. The Hall–Kier alpha value is -4.99. The fourth-order valence-electron chi connectivity index (χ4n) is 5.26. The van der Waals surface area contributed by atoms with Gasteiger partial charge in [0.15, 0.2) is 5.88 Å². The topological polar surface area (TPSA) is 116 Å². The average molecular weight is 594 g/mol. The first-order valence-corrected chi connectivity index (χ1v) is 14.8. The van der Waals surface area contributed by atoms with Gasteiger partial charge in [-0.1, -0.05) is 45.0 Å². The van der Waals surface area contributed by atoms with E-state index >= 15 is 0 Å². The van der Waals surface area contributed by atoms with E-state index in [1.807, 2.05) is 42.5 Å². The van der Waals surface area contributed by atoms with Crippen LogP contribution < -0.4 is 10.2 Å². The second-order valence-corrected chi connectivity index (χ2v) is 11.9. The molecule has 10 nitrogen and oxygen atoms in total. The fraction of sp³-hybridized carbons (Fsp3) is 0.324. The molecule has 1 unspecified atom stereocenters. The molecule has 1 aliphatic rings. The van der Waals surface area contributed by atoms with Gasteiger partial charge in [0, 0.05) is 66.9 Å². The zero-order chi connectivity index (χ0) is 31.1. The van der Waals surface area contributed by atoms with Crippen LogP contribution in [0.15, 0.2) is 98.3 Å². The highest BCUT2D eigenvalue weighted by Crippen LogP contribution is 2.32. The van der Waals surface area contributed by atoms with E-state index in [0.717, 1.165) is 11.1 Å². The van der Waals surface area contributed by atoms with Crippen LogP contribution in [0.25, 0.3) is 0 Å². The molecule has 1 saturated heterocycles. The first-order valence-electron chi connectivity index (χ1n) is 14.8. The van der Waals surface area contributed by atoms with Crippen molar-refractivity contribution < 1.29 is 14.3 Å². The number of imidazole rings is 1. The number of benzene rings is 1. The van der Waals surface area contributed by atoms with Crippen molar-refractivity contribution in [3.8, 4) is 0 Å². The van der Waals surface area contributed by atoms with Crippen LogP contribution in [-0.2, 0) is 21.6 Å². The minimum absolute atomic E-state index is 0.0698. The molecule has 44 heavy (non-hydrogen) atoms. The van der Waals surface area contributed by atoms with Gasteiger partial charge >= 0.3 is 0 Å². The number of nitrogens with zero attached hydrogens (tertiary/aromatic N) is 5. The molecule has 4 heterocycles. The number of aromatic nitrogens is 4. The number of hydrogen-bond donors (Lipinski definition) is 2. The summed E-state index contributed by atoms with van der Waals surface area (Å²) in [6, 6.07) is 14.1. The number of ether oxygens (including phenoxy) is 1. The molecule has 0 spiro atoms. The summed E-state index contributed by atoms with van der Waals surface area (Å²) in [5.74, 6) is -0.0797. The number of anilines is 1. The Morgan fingerprint density at radius 3 is 2.36 bits per heavy atom. The largest absolute Gasteiger partial charge is 0.475 e. The summed E-state index contributed by atoms with van der Waals surface area (Å²) in [5.41, 5.74) is 3.42. The van der Waals surface area contributed by atoms with Crippen molar-refractivity contribution in [1.29, 1.82) is 0 Å². The molecule has 3 aromatic heterocycles. The number of carbonyl (C=O) groups excluding carboxylic acids is 2. The molecule has 0 saturated carbocycles. The maximum absolute atomic E-state index is 14.2. The van der Waals surface area contributed by atoms with Crippen molar-refractivity contribution in [2.45, 2.75) is 57.7 Å². The molecule has 10 heteroatoms. The van der Waals surface area contributed by atoms with Gasteiger partial charge in [-0.25, -0.2) is 4.98 Å². The molecule has 1 aliphatic heterocycles. The smallest absolute Gasteiger partial charge is 0.279 e. The van der Waals surface area contributed by atoms with E-state index in [1.54, 1.807) is 30.9 Å². The summed E-state index contributed by atoms with van der Waals surface area (Å²) in [6.45, 7) is 12.3. The van der Waals surface area contributed by atoms with Crippen molar-refractivity contribution in [1.82, 2.24) is 30.2 Å². The summed E-state index contributed by atoms with van der Waals surface area (Å²) in [6.07, 6.45) is 11.2. The first kappa shape index (κ1) is 30.5. The molecule has 1 fully saturated rings. The van der Waals surface area contributed by atoms with Gasteiger partial charge in [-0.2, -0.15) is 0 Å². The van der Waals surface area contributed by atoms with E-state index in [0.29, 0.717) is 49.7 Å². The van der Waals surface area contributed by atoms with Crippen LogP contribution >= 0.6 is 0 Å². The van der Waals surface area contributed by atoms with Gasteiger partial charge in [0.2, 0.25) is 5.91 Å². The standard InChI is InChI=1S/C34H39N7O3/c1-24(44-22-25-7-5-15-35-19-25)40-17-13-28(14-18-40)39-32(42)31(26-8-6-16-36-20-26)41(33(43)30-21-37-23-38-30)29-11-9-27(10-12-29)34(2,3)4/h5-12,15-16,19-21,23,28,31H,1,13-14,17-18,22H2,2-4H3,(H,37,38)(H,39,42). The van der Waals surface area contributed by atoms with E-state index in [1.165, 1.54) is 17.4 Å². The highest BCUT2D eigenvalue weighted by Gasteiger charge is 2.36. The van der Waals surface area contributed by atoms with E-state index in [2.05, 4.69) is 57.5 Å². The number of rotatable bonds is 10. The van der Waals surface area contributed by atoms with E-state index in [4.69, 9.17) is 4.74 Å². The normalized spacial score (nSPS) is 14.5. The predicted octanol–water partition coefficient (Wildman–Crippen LogP) is 5.15. The average Bonchev–Trinajstić information content (AvgIpc) is 3.58. The van der Waals surface area contributed by atoms with Gasteiger partial charge in [-0.3, -0.25) is 24.5 Å². The Morgan fingerprint density at radius 2 is 1.77 bits per heavy atom. The lowest BCUT2D eigenvalue weighted by atomic mass is 9.87. The summed E-state index contributed by atoms with van der Waals surface area (Å²) >= 11 is 0. The number of pyridine rings is 2. The summed E-state index contributed by atoms with van der Waals surface area (Å²) in [5, 5.41) is 3.23. The maximum atomic E-state index is 14.2. The second kappa shape index (κ2) is 13.5. The highest BCUT2D eigenvalue weighted by molar-refractivity contribution is 6.09. The number of nitrogens with one attached hydrogen (secondary N) is 2. The Morgan fingerprint density at radius 1 is 1.07 bits per heavy atom. The Bertz CT molecular complexity index is 1530. The lowest BCUT2D eigenvalue weighted by molar-refractivity contribution is -0.123. The van der Waals surface area contributed by atoms with Crippen LogP contribution in [0.1, 0.15) is 66.8 Å². The molecule has 2 amide bonds. The molecule has 0 radical (unpaired) electrons. The number of likely N-dealkylation sites (tertiary alicyclic amines) is 1. The van der Waals surface area contributed by atoms with Crippen molar-refractivity contribution in [3.05, 3.63) is 121 Å². The van der Waals surface area contributed by atoms with Gasteiger partial charge in [0.05, 0.1) is 6.33 Å². The number of carbonyl (C=O) groups is 2. The molecule has 1 aromatic carbocycles. The zero-order valence-electron chi connectivity index (χ0n) is 25.4. The SMILES string of the molecule is C=C(OCc1cccnc1)N1CCC(NC(=O)C(c2cccnc2)N(C(=O)c2c[nH]cn2)c2ccc(C(C)(C)C)cc2)CC1. The predicted molar refractivity (Wildman–Crippen MR) is 168 cm³/mol. The van der Waals surface area contributed by atoms with Crippen molar-refractivity contribution >= 4 is 17.5 Å². The molecule has 228 valence electrons. The number of hydrogen-bond acceptors (Lipinski definition) is 7. The number of H-pyrrole nitrogens is 1. The molecule has 0 bridgehead atoms. The number of piperidine rings is 1. The summed E-state index contributed by atoms with van der Waals surface area (Å²) in [7, 11) is 0. The Kier molecular flexibility index (Phi) is 9.38. The lowest BCUT2D eigenvalue weighted by Crippen LogP contribution is -2.50. The first-order chi connectivity index (χ1) is 21.2. The van der Waals surface area contributed by atoms with Gasteiger partial charge in [-0.05, 0) is 54.7 Å². The van der Waals surface area contributed by atoms with Crippen molar-refractivity contribution in [2.75, 3.05) is 18.0 Å². The number of amides is 2. The fourth-order valence-corrected chi connectivity index (χ4v) is 5.26. The number of aromatic amines is 1. The van der Waals surface area contributed by atoms with Crippen LogP contribution in [0.3, 0.4) is 0 Å². The summed E-state index contributed by atoms with van der Waals surface area (Å²) in [4.78, 5) is 47.2. The second-order valence-electron chi connectivity index (χ2n) is 11.9. The van der Waals surface area contributed by atoms with E-state index in [-0.39, 0.29) is 23.1 Å². The van der Waals surface area contributed by atoms with Crippen LogP contribution in [0, 0.1) is 0 Å². The monoisotopic (exact) mass is 593 g/mol.